The first-order valence-corrected chi connectivity index (χ1v) is 7.45. The molecule has 0 bridgehead atoms. The summed E-state index contributed by atoms with van der Waals surface area (Å²) in [4.78, 5) is 23.4. The standard InChI is InChI=1S/C16H19F3N2O2/c1-9(2)14(21-15(23)12-6-7-13(22)20-12)10-4-3-5-11(8-10)16(17,18)19/h3-5,8-9,12,14H,6-7H2,1-2H3,(H,20,22)(H,21,23). The Kier molecular flexibility index (Phi) is 4.97. The Morgan fingerprint density at radius 2 is 2.04 bits per heavy atom. The van der Waals surface area contributed by atoms with Crippen molar-refractivity contribution in [3.63, 3.8) is 0 Å². The second-order valence-corrected chi connectivity index (χ2v) is 6.01. The van der Waals surface area contributed by atoms with Crippen molar-refractivity contribution in [2.45, 2.75) is 44.9 Å². The quantitative estimate of drug-likeness (QED) is 0.893. The van der Waals surface area contributed by atoms with Crippen molar-refractivity contribution in [3.8, 4) is 0 Å². The number of carbonyl (C=O) groups is 2. The highest BCUT2D eigenvalue weighted by Gasteiger charge is 2.33. The average molecular weight is 328 g/mol. The van der Waals surface area contributed by atoms with Crippen molar-refractivity contribution in [2.24, 2.45) is 5.92 Å². The minimum atomic E-state index is -4.43. The molecule has 1 aliphatic rings. The molecule has 2 unspecified atom stereocenters. The van der Waals surface area contributed by atoms with E-state index >= 15 is 0 Å². The van der Waals surface area contributed by atoms with Gasteiger partial charge in [0.2, 0.25) is 11.8 Å². The summed E-state index contributed by atoms with van der Waals surface area (Å²) in [6.45, 7) is 3.64. The number of halogens is 3. The fraction of sp³-hybridized carbons (Fsp3) is 0.500. The van der Waals surface area contributed by atoms with Gasteiger partial charge in [-0.25, -0.2) is 0 Å². The molecule has 1 heterocycles. The van der Waals surface area contributed by atoms with E-state index < -0.39 is 23.8 Å². The van der Waals surface area contributed by atoms with Crippen LogP contribution in [0.25, 0.3) is 0 Å². The summed E-state index contributed by atoms with van der Waals surface area (Å²) in [5, 5.41) is 5.31. The molecule has 1 saturated heterocycles. The van der Waals surface area contributed by atoms with E-state index in [9.17, 15) is 22.8 Å². The van der Waals surface area contributed by atoms with E-state index in [4.69, 9.17) is 0 Å². The Balaban J connectivity index is 2.18. The van der Waals surface area contributed by atoms with E-state index in [1.165, 1.54) is 6.07 Å². The average Bonchev–Trinajstić information content (AvgIpc) is 2.90. The Morgan fingerprint density at radius 3 is 2.57 bits per heavy atom. The fourth-order valence-electron chi connectivity index (χ4n) is 2.61. The first kappa shape index (κ1) is 17.3. The monoisotopic (exact) mass is 328 g/mol. The highest BCUT2D eigenvalue weighted by atomic mass is 19.4. The van der Waals surface area contributed by atoms with Crippen LogP contribution in [0.4, 0.5) is 13.2 Å². The van der Waals surface area contributed by atoms with E-state index in [2.05, 4.69) is 10.6 Å². The second kappa shape index (κ2) is 6.60. The summed E-state index contributed by atoms with van der Waals surface area (Å²) in [5.74, 6) is -0.656. The van der Waals surface area contributed by atoms with Crippen molar-refractivity contribution in [3.05, 3.63) is 35.4 Å². The van der Waals surface area contributed by atoms with Gasteiger partial charge in [-0.05, 0) is 30.0 Å². The molecule has 126 valence electrons. The highest BCUT2D eigenvalue weighted by Crippen LogP contribution is 2.32. The van der Waals surface area contributed by atoms with E-state index in [-0.39, 0.29) is 24.2 Å². The molecule has 0 radical (unpaired) electrons. The van der Waals surface area contributed by atoms with E-state index in [0.29, 0.717) is 12.0 Å². The lowest BCUT2D eigenvalue weighted by Gasteiger charge is -2.25. The largest absolute Gasteiger partial charge is 0.416 e. The number of alkyl halides is 3. The van der Waals surface area contributed by atoms with Crippen LogP contribution in [0.3, 0.4) is 0 Å². The van der Waals surface area contributed by atoms with Crippen molar-refractivity contribution in [1.29, 1.82) is 0 Å². The van der Waals surface area contributed by atoms with E-state index in [1.807, 2.05) is 13.8 Å². The summed E-state index contributed by atoms with van der Waals surface area (Å²) >= 11 is 0. The van der Waals surface area contributed by atoms with Gasteiger partial charge in [-0.2, -0.15) is 13.2 Å². The Morgan fingerprint density at radius 1 is 1.35 bits per heavy atom. The highest BCUT2D eigenvalue weighted by molar-refractivity contribution is 5.90. The SMILES string of the molecule is CC(C)C(NC(=O)C1CCC(=O)N1)c1cccc(C(F)(F)F)c1. The molecule has 0 aromatic heterocycles. The second-order valence-electron chi connectivity index (χ2n) is 6.01. The van der Waals surface area contributed by atoms with Crippen molar-refractivity contribution in [2.75, 3.05) is 0 Å². The normalized spacial score (nSPS) is 19.6. The van der Waals surface area contributed by atoms with Gasteiger partial charge in [0.1, 0.15) is 6.04 Å². The lowest BCUT2D eigenvalue weighted by molar-refractivity contribution is -0.137. The minimum Gasteiger partial charge on any atom is -0.347 e. The van der Waals surface area contributed by atoms with Crippen molar-refractivity contribution in [1.82, 2.24) is 10.6 Å². The van der Waals surface area contributed by atoms with E-state index in [1.54, 1.807) is 6.07 Å². The zero-order valence-corrected chi connectivity index (χ0v) is 12.9. The lowest BCUT2D eigenvalue weighted by Crippen LogP contribution is -2.44. The van der Waals surface area contributed by atoms with Gasteiger partial charge in [0.05, 0.1) is 11.6 Å². The molecule has 0 saturated carbocycles. The Hall–Kier alpha value is -2.05. The number of hydrogen-bond acceptors (Lipinski definition) is 2. The molecule has 1 fully saturated rings. The lowest BCUT2D eigenvalue weighted by atomic mass is 9.94. The molecule has 1 aromatic rings. The Labute approximate surface area is 132 Å². The van der Waals surface area contributed by atoms with Crippen molar-refractivity contribution >= 4 is 11.8 Å². The number of rotatable bonds is 4. The van der Waals surface area contributed by atoms with Crippen LogP contribution in [0, 0.1) is 5.92 Å². The van der Waals surface area contributed by atoms with Gasteiger partial charge in [-0.3, -0.25) is 9.59 Å². The molecule has 2 rings (SSSR count). The van der Waals surface area contributed by atoms with Gasteiger partial charge in [0.15, 0.2) is 0 Å². The van der Waals surface area contributed by atoms with Gasteiger partial charge >= 0.3 is 6.18 Å². The minimum absolute atomic E-state index is 0.0976. The fourth-order valence-corrected chi connectivity index (χ4v) is 2.61. The smallest absolute Gasteiger partial charge is 0.347 e. The maximum absolute atomic E-state index is 12.8. The predicted molar refractivity (Wildman–Crippen MR) is 78.3 cm³/mol. The zero-order valence-electron chi connectivity index (χ0n) is 12.9. The third-order valence-corrected chi connectivity index (χ3v) is 3.85. The van der Waals surface area contributed by atoms with Crippen LogP contribution in [0.1, 0.15) is 43.9 Å². The summed E-state index contributed by atoms with van der Waals surface area (Å²) in [6.07, 6.45) is -3.74. The molecular formula is C16H19F3N2O2. The summed E-state index contributed by atoms with van der Waals surface area (Å²) < 4.78 is 38.5. The predicted octanol–water partition coefficient (Wildman–Crippen LogP) is 2.80. The topological polar surface area (TPSA) is 58.2 Å². The van der Waals surface area contributed by atoms with E-state index in [0.717, 1.165) is 12.1 Å². The zero-order chi connectivity index (χ0) is 17.2. The molecule has 2 N–H and O–H groups in total. The first-order valence-electron chi connectivity index (χ1n) is 7.45. The van der Waals surface area contributed by atoms with Crippen LogP contribution in [0.15, 0.2) is 24.3 Å². The molecule has 2 atom stereocenters. The molecule has 23 heavy (non-hydrogen) atoms. The van der Waals surface area contributed by atoms with Gasteiger partial charge in [-0.1, -0.05) is 26.0 Å². The number of amides is 2. The molecule has 2 amide bonds. The molecule has 0 aliphatic carbocycles. The van der Waals surface area contributed by atoms with Gasteiger partial charge < -0.3 is 10.6 Å². The molecule has 4 nitrogen and oxygen atoms in total. The number of nitrogens with one attached hydrogen (secondary N) is 2. The van der Waals surface area contributed by atoms with Crippen LogP contribution >= 0.6 is 0 Å². The molecule has 0 spiro atoms. The molecular weight excluding hydrogens is 309 g/mol. The van der Waals surface area contributed by atoms with Gasteiger partial charge in [0.25, 0.3) is 0 Å². The number of benzene rings is 1. The van der Waals surface area contributed by atoms with Crippen LogP contribution in [0.2, 0.25) is 0 Å². The molecule has 1 aromatic carbocycles. The molecule has 7 heteroatoms. The third kappa shape index (κ3) is 4.24. The number of carbonyl (C=O) groups excluding carboxylic acids is 2. The van der Waals surface area contributed by atoms with Crippen LogP contribution < -0.4 is 10.6 Å². The summed E-state index contributed by atoms with van der Waals surface area (Å²) in [6, 6.07) is 3.78. The summed E-state index contributed by atoms with van der Waals surface area (Å²) in [5.41, 5.74) is -0.350. The third-order valence-electron chi connectivity index (χ3n) is 3.85. The van der Waals surface area contributed by atoms with Crippen LogP contribution in [-0.4, -0.2) is 17.9 Å². The van der Waals surface area contributed by atoms with Crippen LogP contribution in [-0.2, 0) is 15.8 Å². The maximum atomic E-state index is 12.8. The first-order chi connectivity index (χ1) is 10.7. The van der Waals surface area contributed by atoms with Gasteiger partial charge in [0, 0.05) is 6.42 Å². The van der Waals surface area contributed by atoms with Crippen LogP contribution in [0.5, 0.6) is 0 Å². The van der Waals surface area contributed by atoms with Gasteiger partial charge in [-0.15, -0.1) is 0 Å². The number of hydrogen-bond donors (Lipinski definition) is 2. The van der Waals surface area contributed by atoms with Crippen molar-refractivity contribution < 1.29 is 22.8 Å². The maximum Gasteiger partial charge on any atom is 0.416 e. The Bertz CT molecular complexity index is 599. The molecule has 1 aliphatic heterocycles. The summed E-state index contributed by atoms with van der Waals surface area (Å²) in [7, 11) is 0.